The smallest absolute Gasteiger partial charge is 0.250 e. The lowest BCUT2D eigenvalue weighted by Gasteiger charge is -2.33. The van der Waals surface area contributed by atoms with Crippen LogP contribution in [0.2, 0.25) is 0 Å². The Labute approximate surface area is 157 Å². The molecule has 8 heteroatoms. The van der Waals surface area contributed by atoms with Gasteiger partial charge in [-0.25, -0.2) is 0 Å². The summed E-state index contributed by atoms with van der Waals surface area (Å²) in [6.07, 6.45) is 1.21. The summed E-state index contributed by atoms with van der Waals surface area (Å²) in [7, 11) is 0. The van der Waals surface area contributed by atoms with Crippen LogP contribution in [0.5, 0.6) is 11.5 Å². The van der Waals surface area contributed by atoms with Crippen molar-refractivity contribution in [3.05, 3.63) is 59.7 Å². The molecule has 2 aromatic carbocycles. The molecule has 2 rings (SSSR count). The van der Waals surface area contributed by atoms with Crippen LogP contribution in [0, 0.1) is 0 Å². The Morgan fingerprint density at radius 3 is 1.37 bits per heavy atom. The van der Waals surface area contributed by atoms with E-state index in [1.807, 2.05) is 13.8 Å². The first-order chi connectivity index (χ1) is 13.0. The standard InChI is InChI=1S/C19H24N4O4/c1-3-19(4-2,26-15-9-5-13(6-10-15)17(20)22-24)27-16-11-7-14(8-12-16)18(21)23-25/h5-12,24-25H,3-4H2,1-2H3,(H2,20,22)(H2,21,23). The maximum Gasteiger partial charge on any atom is 0.250 e. The molecule has 0 heterocycles. The Bertz CT molecular complexity index is 732. The highest BCUT2D eigenvalue weighted by molar-refractivity contribution is 5.97. The highest BCUT2D eigenvalue weighted by Crippen LogP contribution is 2.29. The molecule has 0 aromatic heterocycles. The summed E-state index contributed by atoms with van der Waals surface area (Å²) in [5.74, 6) is 0.389. The molecule has 0 spiro atoms. The number of hydrogen-bond acceptors (Lipinski definition) is 6. The molecule has 0 atom stereocenters. The average molecular weight is 372 g/mol. The van der Waals surface area contributed by atoms with Gasteiger partial charge in [-0.15, -0.1) is 0 Å². The third kappa shape index (κ3) is 4.81. The second kappa shape index (κ2) is 8.79. The average Bonchev–Trinajstić information content (AvgIpc) is 2.73. The molecular weight excluding hydrogens is 348 g/mol. The molecule has 6 N–H and O–H groups in total. The summed E-state index contributed by atoms with van der Waals surface area (Å²) in [6, 6.07) is 13.7. The third-order valence-electron chi connectivity index (χ3n) is 4.20. The minimum atomic E-state index is -0.865. The second-order valence-corrected chi connectivity index (χ2v) is 5.84. The van der Waals surface area contributed by atoms with Crippen molar-refractivity contribution in [3.8, 4) is 11.5 Å². The van der Waals surface area contributed by atoms with Gasteiger partial charge < -0.3 is 31.4 Å². The van der Waals surface area contributed by atoms with Gasteiger partial charge in [0.25, 0.3) is 5.79 Å². The Kier molecular flexibility index (Phi) is 6.48. The van der Waals surface area contributed by atoms with Crippen LogP contribution in [0.4, 0.5) is 0 Å². The molecule has 0 aliphatic rings. The minimum absolute atomic E-state index is 0.0285. The van der Waals surface area contributed by atoms with Crippen molar-refractivity contribution >= 4 is 11.7 Å². The first-order valence-electron chi connectivity index (χ1n) is 8.51. The van der Waals surface area contributed by atoms with Gasteiger partial charge in [-0.2, -0.15) is 0 Å². The number of hydrogen-bond donors (Lipinski definition) is 4. The van der Waals surface area contributed by atoms with E-state index in [2.05, 4.69) is 10.3 Å². The predicted octanol–water partition coefficient (Wildman–Crippen LogP) is 2.85. The van der Waals surface area contributed by atoms with Crippen LogP contribution in [-0.4, -0.2) is 27.9 Å². The lowest BCUT2D eigenvalue weighted by Crippen LogP contribution is -2.41. The van der Waals surface area contributed by atoms with Gasteiger partial charge in [-0.05, 0) is 48.5 Å². The van der Waals surface area contributed by atoms with E-state index >= 15 is 0 Å². The van der Waals surface area contributed by atoms with Crippen molar-refractivity contribution in [1.82, 2.24) is 0 Å². The third-order valence-corrected chi connectivity index (χ3v) is 4.20. The maximum absolute atomic E-state index is 8.74. The van der Waals surface area contributed by atoms with E-state index in [1.54, 1.807) is 48.5 Å². The van der Waals surface area contributed by atoms with Gasteiger partial charge in [-0.3, -0.25) is 0 Å². The van der Waals surface area contributed by atoms with Crippen molar-refractivity contribution in [3.63, 3.8) is 0 Å². The van der Waals surface area contributed by atoms with E-state index in [1.165, 1.54) is 0 Å². The van der Waals surface area contributed by atoms with Gasteiger partial charge in [0.2, 0.25) is 0 Å². The number of nitrogens with zero attached hydrogens (tertiary/aromatic N) is 2. The van der Waals surface area contributed by atoms with Crippen LogP contribution in [0.15, 0.2) is 58.8 Å². The topological polar surface area (TPSA) is 136 Å². The van der Waals surface area contributed by atoms with E-state index in [0.29, 0.717) is 35.5 Å². The predicted molar refractivity (Wildman–Crippen MR) is 102 cm³/mol. The van der Waals surface area contributed by atoms with E-state index in [9.17, 15) is 0 Å². The first kappa shape index (κ1) is 19.9. The quantitative estimate of drug-likeness (QED) is 0.185. The van der Waals surface area contributed by atoms with Crippen molar-refractivity contribution in [2.75, 3.05) is 0 Å². The lowest BCUT2D eigenvalue weighted by molar-refractivity contribution is -0.118. The Morgan fingerprint density at radius 1 is 0.778 bits per heavy atom. The zero-order valence-electron chi connectivity index (χ0n) is 15.3. The normalized spacial score (nSPS) is 12.7. The van der Waals surface area contributed by atoms with Crippen molar-refractivity contribution in [1.29, 1.82) is 0 Å². The van der Waals surface area contributed by atoms with Crippen molar-refractivity contribution < 1.29 is 19.9 Å². The van der Waals surface area contributed by atoms with Gasteiger partial charge >= 0.3 is 0 Å². The van der Waals surface area contributed by atoms with Gasteiger partial charge in [0, 0.05) is 24.0 Å². The fourth-order valence-electron chi connectivity index (χ4n) is 2.49. The molecule has 27 heavy (non-hydrogen) atoms. The molecule has 2 aromatic rings. The number of benzene rings is 2. The molecule has 0 saturated carbocycles. The molecule has 0 aliphatic heterocycles. The second-order valence-electron chi connectivity index (χ2n) is 5.84. The highest BCUT2D eigenvalue weighted by Gasteiger charge is 2.31. The number of rotatable bonds is 8. The minimum Gasteiger partial charge on any atom is -0.452 e. The number of amidine groups is 2. The Hall–Kier alpha value is -3.42. The van der Waals surface area contributed by atoms with Crippen LogP contribution in [0.25, 0.3) is 0 Å². The molecule has 0 radical (unpaired) electrons. The molecular formula is C19H24N4O4. The molecule has 0 saturated heterocycles. The summed E-state index contributed by atoms with van der Waals surface area (Å²) in [4.78, 5) is 0. The van der Waals surface area contributed by atoms with Crippen LogP contribution < -0.4 is 20.9 Å². The van der Waals surface area contributed by atoms with Crippen molar-refractivity contribution in [2.45, 2.75) is 32.5 Å². The zero-order chi connectivity index (χ0) is 19.9. The summed E-state index contributed by atoms with van der Waals surface area (Å²) in [5.41, 5.74) is 12.3. The molecule has 144 valence electrons. The van der Waals surface area contributed by atoms with Gasteiger partial charge in [0.05, 0.1) is 0 Å². The van der Waals surface area contributed by atoms with Gasteiger partial charge in [0.1, 0.15) is 11.5 Å². The molecule has 0 aliphatic carbocycles. The number of ether oxygens (including phenoxy) is 2. The van der Waals surface area contributed by atoms with E-state index in [-0.39, 0.29) is 11.7 Å². The summed E-state index contributed by atoms with van der Waals surface area (Å²) in [6.45, 7) is 3.94. The van der Waals surface area contributed by atoms with Crippen LogP contribution in [0.1, 0.15) is 37.8 Å². The first-order valence-corrected chi connectivity index (χ1v) is 8.51. The molecule has 0 amide bonds. The van der Waals surface area contributed by atoms with Crippen LogP contribution >= 0.6 is 0 Å². The zero-order valence-corrected chi connectivity index (χ0v) is 15.3. The summed E-state index contributed by atoms with van der Waals surface area (Å²) in [5, 5.41) is 23.4. The van der Waals surface area contributed by atoms with Gasteiger partial charge in [0.15, 0.2) is 11.7 Å². The number of nitrogens with two attached hydrogens (primary N) is 2. The lowest BCUT2D eigenvalue weighted by atomic mass is 10.1. The SMILES string of the molecule is CCC(CC)(Oc1ccc(/C(N)=N/O)cc1)Oc1ccc(/C(N)=N/O)cc1. The fraction of sp³-hybridized carbons (Fsp3) is 0.263. The van der Waals surface area contributed by atoms with E-state index < -0.39 is 5.79 Å². The highest BCUT2D eigenvalue weighted by atomic mass is 16.7. The van der Waals surface area contributed by atoms with Crippen molar-refractivity contribution in [2.24, 2.45) is 21.8 Å². The van der Waals surface area contributed by atoms with Crippen LogP contribution in [0.3, 0.4) is 0 Å². The summed E-state index contributed by atoms with van der Waals surface area (Å²) >= 11 is 0. The largest absolute Gasteiger partial charge is 0.452 e. The van der Waals surface area contributed by atoms with E-state index in [4.69, 9.17) is 31.4 Å². The van der Waals surface area contributed by atoms with E-state index in [0.717, 1.165) is 0 Å². The maximum atomic E-state index is 8.74. The van der Waals surface area contributed by atoms with Crippen LogP contribution in [-0.2, 0) is 0 Å². The molecule has 0 fully saturated rings. The Balaban J connectivity index is 2.19. The fourth-order valence-corrected chi connectivity index (χ4v) is 2.49. The summed E-state index contributed by atoms with van der Waals surface area (Å²) < 4.78 is 12.2. The number of oxime groups is 2. The molecule has 8 nitrogen and oxygen atoms in total. The monoisotopic (exact) mass is 372 g/mol. The Morgan fingerprint density at radius 2 is 1.11 bits per heavy atom. The molecule has 0 bridgehead atoms. The molecule has 0 unspecified atom stereocenters. The van der Waals surface area contributed by atoms with Gasteiger partial charge in [-0.1, -0.05) is 24.2 Å².